The zero-order chi connectivity index (χ0) is 18.6. The van der Waals surface area contributed by atoms with Crippen LogP contribution in [0.15, 0.2) is 12.2 Å². The van der Waals surface area contributed by atoms with E-state index in [4.69, 9.17) is 9.84 Å². The first-order valence-corrected chi connectivity index (χ1v) is 11.8. The SMILES string of the molecule is CCCCCCCCOC[C@H]1[C@@H](CC=CCCCC(=O)O)[C@H]2CC[C@@H]1S2. The van der Waals surface area contributed by atoms with Gasteiger partial charge in [0.1, 0.15) is 0 Å². The molecule has 0 aromatic rings. The molecule has 0 aliphatic carbocycles. The Labute approximate surface area is 164 Å². The van der Waals surface area contributed by atoms with Crippen LogP contribution in [0.1, 0.15) is 84.0 Å². The van der Waals surface area contributed by atoms with Crippen molar-refractivity contribution in [2.24, 2.45) is 11.8 Å². The van der Waals surface area contributed by atoms with E-state index in [1.807, 2.05) is 0 Å². The van der Waals surface area contributed by atoms with Gasteiger partial charge in [0.15, 0.2) is 0 Å². The molecule has 0 spiro atoms. The number of aliphatic carboxylic acids is 1. The first-order chi connectivity index (χ1) is 12.7. The third-order valence-corrected chi connectivity index (χ3v) is 7.75. The predicted octanol–water partition coefficient (Wildman–Crippen LogP) is 6.07. The number of ether oxygens (including phenoxy) is 1. The Morgan fingerprint density at radius 1 is 1.04 bits per heavy atom. The second-order valence-electron chi connectivity index (χ2n) is 7.95. The number of thioether (sulfide) groups is 1. The Hall–Kier alpha value is -0.480. The molecule has 2 rings (SSSR count). The Morgan fingerprint density at radius 2 is 1.77 bits per heavy atom. The largest absolute Gasteiger partial charge is 0.481 e. The summed E-state index contributed by atoms with van der Waals surface area (Å²) in [5.74, 6) is 0.798. The molecule has 0 aromatic carbocycles. The molecule has 2 bridgehead atoms. The third kappa shape index (κ3) is 7.64. The van der Waals surface area contributed by atoms with Crippen molar-refractivity contribution in [3.63, 3.8) is 0 Å². The summed E-state index contributed by atoms with van der Waals surface area (Å²) in [6.45, 7) is 4.14. The fourth-order valence-electron chi connectivity index (χ4n) is 4.37. The van der Waals surface area contributed by atoms with E-state index in [-0.39, 0.29) is 6.42 Å². The van der Waals surface area contributed by atoms with Crippen molar-refractivity contribution in [2.45, 2.75) is 94.5 Å². The molecule has 1 N–H and O–H groups in total. The van der Waals surface area contributed by atoms with Crippen molar-refractivity contribution in [3.8, 4) is 0 Å². The van der Waals surface area contributed by atoms with Gasteiger partial charge in [-0.1, -0.05) is 51.2 Å². The molecule has 4 heteroatoms. The fraction of sp³-hybridized carbons (Fsp3) is 0.864. The minimum absolute atomic E-state index is 0.281. The summed E-state index contributed by atoms with van der Waals surface area (Å²) >= 11 is 2.21. The quantitative estimate of drug-likeness (QED) is 0.275. The second-order valence-corrected chi connectivity index (χ2v) is 9.44. The van der Waals surface area contributed by atoms with Gasteiger partial charge < -0.3 is 9.84 Å². The third-order valence-electron chi connectivity index (χ3n) is 5.88. The van der Waals surface area contributed by atoms with Crippen LogP contribution in [0.25, 0.3) is 0 Å². The molecule has 0 radical (unpaired) electrons. The van der Waals surface area contributed by atoms with Crippen molar-refractivity contribution in [1.82, 2.24) is 0 Å². The molecule has 0 saturated carbocycles. The summed E-state index contributed by atoms with van der Waals surface area (Å²) < 4.78 is 6.08. The lowest BCUT2D eigenvalue weighted by Crippen LogP contribution is -2.30. The minimum Gasteiger partial charge on any atom is -0.481 e. The Bertz CT molecular complexity index is 424. The van der Waals surface area contributed by atoms with Crippen LogP contribution in [0.3, 0.4) is 0 Å². The number of fused-ring (bicyclic) bond motifs is 2. The summed E-state index contributed by atoms with van der Waals surface area (Å²) in [6.07, 6.45) is 18.2. The van der Waals surface area contributed by atoms with Gasteiger partial charge in [-0.2, -0.15) is 11.8 Å². The van der Waals surface area contributed by atoms with Gasteiger partial charge in [-0.3, -0.25) is 4.79 Å². The molecular weight excluding hydrogens is 344 g/mol. The fourth-order valence-corrected chi connectivity index (χ4v) is 6.36. The van der Waals surface area contributed by atoms with E-state index in [2.05, 4.69) is 30.8 Å². The highest BCUT2D eigenvalue weighted by atomic mass is 32.2. The molecule has 2 aliphatic heterocycles. The molecule has 150 valence electrons. The van der Waals surface area contributed by atoms with E-state index < -0.39 is 5.97 Å². The Morgan fingerprint density at radius 3 is 2.54 bits per heavy atom. The lowest BCUT2D eigenvalue weighted by atomic mass is 9.78. The average Bonchev–Trinajstić information content (AvgIpc) is 3.22. The molecule has 0 unspecified atom stereocenters. The highest BCUT2D eigenvalue weighted by Crippen LogP contribution is 2.54. The number of unbranched alkanes of at least 4 members (excludes halogenated alkanes) is 6. The van der Waals surface area contributed by atoms with Crippen LogP contribution in [0.2, 0.25) is 0 Å². The number of allylic oxidation sites excluding steroid dienone is 2. The summed E-state index contributed by atoms with van der Waals surface area (Å²) in [4.78, 5) is 10.5. The average molecular weight is 383 g/mol. The summed E-state index contributed by atoms with van der Waals surface area (Å²) in [6, 6.07) is 0. The number of hydrogen-bond acceptors (Lipinski definition) is 3. The highest BCUT2D eigenvalue weighted by Gasteiger charge is 2.47. The highest BCUT2D eigenvalue weighted by molar-refractivity contribution is 8.01. The first-order valence-electron chi connectivity index (χ1n) is 10.8. The van der Waals surface area contributed by atoms with Crippen LogP contribution in [-0.4, -0.2) is 34.8 Å². The van der Waals surface area contributed by atoms with Crippen molar-refractivity contribution in [2.75, 3.05) is 13.2 Å². The van der Waals surface area contributed by atoms with Gasteiger partial charge in [0.2, 0.25) is 0 Å². The molecule has 3 nitrogen and oxygen atoms in total. The van der Waals surface area contributed by atoms with Crippen molar-refractivity contribution >= 4 is 17.7 Å². The lowest BCUT2D eigenvalue weighted by molar-refractivity contribution is -0.137. The molecule has 0 aromatic heterocycles. The summed E-state index contributed by atoms with van der Waals surface area (Å²) in [5.41, 5.74) is 0. The normalized spacial score (nSPS) is 27.6. The van der Waals surface area contributed by atoms with Crippen LogP contribution in [0.4, 0.5) is 0 Å². The maximum atomic E-state index is 10.5. The zero-order valence-corrected chi connectivity index (χ0v) is 17.4. The number of hydrogen-bond donors (Lipinski definition) is 1. The van der Waals surface area contributed by atoms with Crippen LogP contribution in [0, 0.1) is 11.8 Å². The molecule has 26 heavy (non-hydrogen) atoms. The van der Waals surface area contributed by atoms with Gasteiger partial charge in [0.25, 0.3) is 0 Å². The maximum Gasteiger partial charge on any atom is 0.303 e. The molecule has 2 aliphatic rings. The predicted molar refractivity (Wildman–Crippen MR) is 111 cm³/mol. The zero-order valence-electron chi connectivity index (χ0n) is 16.5. The van der Waals surface area contributed by atoms with Gasteiger partial charge in [-0.05, 0) is 50.4 Å². The standard InChI is InChI=1S/C22H38O3S/c1-2-3-4-5-8-11-16-25-17-19-18(20-14-15-21(19)26-20)12-9-6-7-10-13-22(23)24/h6,9,18-21H,2-5,7-8,10-17H2,1H3,(H,23,24)/t18-,19+,20-,21+/m1/s1. The van der Waals surface area contributed by atoms with E-state index >= 15 is 0 Å². The lowest BCUT2D eigenvalue weighted by Gasteiger charge is -2.29. The Balaban J connectivity index is 1.60. The molecule has 2 saturated heterocycles. The number of carboxylic acids is 1. The summed E-state index contributed by atoms with van der Waals surface area (Å²) in [5, 5.41) is 10.3. The van der Waals surface area contributed by atoms with E-state index in [9.17, 15) is 4.79 Å². The molecule has 2 fully saturated rings. The van der Waals surface area contributed by atoms with Crippen LogP contribution in [-0.2, 0) is 9.53 Å². The van der Waals surface area contributed by atoms with Gasteiger partial charge in [-0.15, -0.1) is 0 Å². The first kappa shape index (κ1) is 21.8. The van der Waals surface area contributed by atoms with Gasteiger partial charge >= 0.3 is 5.97 Å². The van der Waals surface area contributed by atoms with Crippen LogP contribution >= 0.6 is 11.8 Å². The summed E-state index contributed by atoms with van der Waals surface area (Å²) in [7, 11) is 0. The van der Waals surface area contributed by atoms with Gasteiger partial charge in [0.05, 0.1) is 6.61 Å². The van der Waals surface area contributed by atoms with Crippen molar-refractivity contribution < 1.29 is 14.6 Å². The molecule has 0 amide bonds. The maximum absolute atomic E-state index is 10.5. The van der Waals surface area contributed by atoms with E-state index in [0.29, 0.717) is 0 Å². The molecule has 4 atom stereocenters. The second kappa shape index (κ2) is 12.8. The van der Waals surface area contributed by atoms with Crippen molar-refractivity contribution in [1.29, 1.82) is 0 Å². The number of rotatable bonds is 15. The van der Waals surface area contributed by atoms with E-state index in [1.54, 1.807) is 0 Å². The van der Waals surface area contributed by atoms with Crippen LogP contribution in [0.5, 0.6) is 0 Å². The molecular formula is C22H38O3S. The van der Waals surface area contributed by atoms with E-state index in [0.717, 1.165) is 54.8 Å². The Kier molecular flexibility index (Phi) is 10.8. The topological polar surface area (TPSA) is 46.5 Å². The number of carbonyl (C=O) groups is 1. The van der Waals surface area contributed by atoms with Crippen LogP contribution < -0.4 is 0 Å². The molecule has 2 heterocycles. The monoisotopic (exact) mass is 382 g/mol. The van der Waals surface area contributed by atoms with Gasteiger partial charge in [0, 0.05) is 23.5 Å². The van der Waals surface area contributed by atoms with E-state index in [1.165, 1.54) is 51.4 Å². The minimum atomic E-state index is -0.689. The number of carboxylic acid groups (broad SMARTS) is 1. The van der Waals surface area contributed by atoms with Crippen molar-refractivity contribution in [3.05, 3.63) is 12.2 Å². The smallest absolute Gasteiger partial charge is 0.303 e. The van der Waals surface area contributed by atoms with Gasteiger partial charge in [-0.25, -0.2) is 0 Å².